The second kappa shape index (κ2) is 4.75. The molecule has 0 aliphatic rings. The van der Waals surface area contributed by atoms with Crippen LogP contribution < -0.4 is 0 Å². The standard InChI is InChI=1S/C13H11BrO3/c1-17-13(16)7-11-10-4-3-9(14)6-8(10)2-5-12(11)15/h2-6,15H,7H2,1H3. The van der Waals surface area contributed by atoms with Gasteiger partial charge < -0.3 is 9.84 Å². The van der Waals surface area contributed by atoms with Crippen LogP contribution in [-0.4, -0.2) is 18.2 Å². The van der Waals surface area contributed by atoms with Gasteiger partial charge in [-0.1, -0.05) is 28.1 Å². The molecule has 0 radical (unpaired) electrons. The van der Waals surface area contributed by atoms with E-state index in [-0.39, 0.29) is 18.1 Å². The molecular weight excluding hydrogens is 284 g/mol. The van der Waals surface area contributed by atoms with Crippen molar-refractivity contribution in [3.8, 4) is 5.75 Å². The van der Waals surface area contributed by atoms with Crippen molar-refractivity contribution in [1.29, 1.82) is 0 Å². The molecule has 0 aliphatic carbocycles. The van der Waals surface area contributed by atoms with Crippen LogP contribution in [-0.2, 0) is 16.0 Å². The Morgan fingerprint density at radius 2 is 2.12 bits per heavy atom. The highest BCUT2D eigenvalue weighted by molar-refractivity contribution is 9.10. The molecule has 2 aromatic carbocycles. The molecule has 0 saturated carbocycles. The Bertz CT molecular complexity index is 578. The largest absolute Gasteiger partial charge is 0.508 e. The maximum absolute atomic E-state index is 11.3. The number of carbonyl (C=O) groups excluding carboxylic acids is 1. The summed E-state index contributed by atoms with van der Waals surface area (Å²) in [4.78, 5) is 11.3. The van der Waals surface area contributed by atoms with Crippen molar-refractivity contribution in [3.05, 3.63) is 40.4 Å². The number of aromatic hydroxyl groups is 1. The van der Waals surface area contributed by atoms with E-state index in [1.807, 2.05) is 24.3 Å². The molecule has 0 aromatic heterocycles. The van der Waals surface area contributed by atoms with Crippen LogP contribution in [0.4, 0.5) is 0 Å². The molecule has 0 bridgehead atoms. The molecule has 2 rings (SSSR count). The molecule has 0 fully saturated rings. The van der Waals surface area contributed by atoms with Gasteiger partial charge in [0.2, 0.25) is 0 Å². The summed E-state index contributed by atoms with van der Waals surface area (Å²) in [5.41, 5.74) is 0.599. The third-order valence-electron chi connectivity index (χ3n) is 2.62. The van der Waals surface area contributed by atoms with E-state index < -0.39 is 0 Å². The molecule has 0 aliphatic heterocycles. The van der Waals surface area contributed by atoms with Crippen molar-refractivity contribution in [2.24, 2.45) is 0 Å². The minimum Gasteiger partial charge on any atom is -0.508 e. The van der Waals surface area contributed by atoms with E-state index in [1.165, 1.54) is 7.11 Å². The third kappa shape index (κ3) is 2.42. The first kappa shape index (κ1) is 11.9. The highest BCUT2D eigenvalue weighted by Gasteiger charge is 2.11. The maximum atomic E-state index is 11.3. The Hall–Kier alpha value is -1.55. The summed E-state index contributed by atoms with van der Waals surface area (Å²) < 4.78 is 5.58. The maximum Gasteiger partial charge on any atom is 0.310 e. The first-order chi connectivity index (χ1) is 8.11. The number of fused-ring (bicyclic) bond motifs is 1. The van der Waals surface area contributed by atoms with Crippen LogP contribution in [0.2, 0.25) is 0 Å². The van der Waals surface area contributed by atoms with Crippen LogP contribution in [0.1, 0.15) is 5.56 Å². The first-order valence-corrected chi connectivity index (χ1v) is 5.88. The second-order valence-corrected chi connectivity index (χ2v) is 4.60. The smallest absolute Gasteiger partial charge is 0.310 e. The lowest BCUT2D eigenvalue weighted by atomic mass is 10.0. The van der Waals surface area contributed by atoms with Crippen LogP contribution >= 0.6 is 15.9 Å². The van der Waals surface area contributed by atoms with Gasteiger partial charge in [0.15, 0.2) is 0 Å². The number of hydrogen-bond donors (Lipinski definition) is 1. The average molecular weight is 295 g/mol. The molecule has 3 nitrogen and oxygen atoms in total. The van der Waals surface area contributed by atoms with E-state index in [1.54, 1.807) is 6.07 Å². The Morgan fingerprint density at radius 1 is 1.35 bits per heavy atom. The van der Waals surface area contributed by atoms with Crippen molar-refractivity contribution >= 4 is 32.7 Å². The van der Waals surface area contributed by atoms with Crippen molar-refractivity contribution in [3.63, 3.8) is 0 Å². The molecule has 2 aromatic rings. The number of rotatable bonds is 2. The topological polar surface area (TPSA) is 46.5 Å². The van der Waals surface area contributed by atoms with Crippen molar-refractivity contribution in [1.82, 2.24) is 0 Å². The molecule has 1 N–H and O–H groups in total. The fourth-order valence-corrected chi connectivity index (χ4v) is 2.13. The van der Waals surface area contributed by atoms with Gasteiger partial charge in [0, 0.05) is 10.0 Å². The summed E-state index contributed by atoms with van der Waals surface area (Å²) in [5, 5.41) is 11.6. The van der Waals surface area contributed by atoms with Crippen LogP contribution in [0.5, 0.6) is 5.75 Å². The molecule has 17 heavy (non-hydrogen) atoms. The average Bonchev–Trinajstić information content (AvgIpc) is 2.32. The van der Waals surface area contributed by atoms with Gasteiger partial charge in [0.05, 0.1) is 13.5 Å². The lowest BCUT2D eigenvalue weighted by Crippen LogP contribution is -2.05. The summed E-state index contributed by atoms with van der Waals surface area (Å²) in [6, 6.07) is 9.10. The normalized spacial score (nSPS) is 10.5. The van der Waals surface area contributed by atoms with Gasteiger partial charge >= 0.3 is 5.97 Å². The number of carbonyl (C=O) groups is 1. The number of hydrogen-bond acceptors (Lipinski definition) is 3. The van der Waals surface area contributed by atoms with E-state index in [2.05, 4.69) is 20.7 Å². The Labute approximate surface area is 107 Å². The molecule has 0 saturated heterocycles. The molecule has 0 atom stereocenters. The Balaban J connectivity index is 2.59. The number of phenols is 1. The highest BCUT2D eigenvalue weighted by Crippen LogP contribution is 2.29. The zero-order valence-electron chi connectivity index (χ0n) is 9.24. The van der Waals surface area contributed by atoms with E-state index >= 15 is 0 Å². The quantitative estimate of drug-likeness (QED) is 0.866. The fraction of sp³-hybridized carbons (Fsp3) is 0.154. The van der Waals surface area contributed by atoms with Crippen molar-refractivity contribution < 1.29 is 14.6 Å². The van der Waals surface area contributed by atoms with Crippen LogP contribution in [0, 0.1) is 0 Å². The molecule has 0 amide bonds. The van der Waals surface area contributed by atoms with E-state index in [9.17, 15) is 9.90 Å². The molecule has 0 unspecified atom stereocenters. The summed E-state index contributed by atoms with van der Waals surface area (Å²) >= 11 is 3.39. The Morgan fingerprint density at radius 3 is 2.82 bits per heavy atom. The predicted molar refractivity (Wildman–Crippen MR) is 69.0 cm³/mol. The van der Waals surface area contributed by atoms with E-state index in [0.29, 0.717) is 5.56 Å². The zero-order chi connectivity index (χ0) is 12.4. The van der Waals surface area contributed by atoms with Crippen molar-refractivity contribution in [2.45, 2.75) is 6.42 Å². The second-order valence-electron chi connectivity index (χ2n) is 3.68. The predicted octanol–water partition coefficient (Wildman–Crippen LogP) is 3.02. The number of methoxy groups -OCH3 is 1. The van der Waals surface area contributed by atoms with E-state index in [0.717, 1.165) is 15.2 Å². The minimum atomic E-state index is -0.365. The zero-order valence-corrected chi connectivity index (χ0v) is 10.8. The molecule has 88 valence electrons. The summed E-state index contributed by atoms with van der Waals surface area (Å²) in [6.07, 6.45) is 0.0707. The summed E-state index contributed by atoms with van der Waals surface area (Å²) in [6.45, 7) is 0. The van der Waals surface area contributed by atoms with Crippen LogP contribution in [0.25, 0.3) is 10.8 Å². The number of esters is 1. The molecular formula is C13H11BrO3. The third-order valence-corrected chi connectivity index (χ3v) is 3.11. The SMILES string of the molecule is COC(=O)Cc1c(O)ccc2cc(Br)ccc12. The first-order valence-electron chi connectivity index (χ1n) is 5.08. The van der Waals surface area contributed by atoms with Gasteiger partial charge in [-0.05, 0) is 29.0 Å². The minimum absolute atomic E-state index is 0.0707. The summed E-state index contributed by atoms with van der Waals surface area (Å²) in [7, 11) is 1.33. The van der Waals surface area contributed by atoms with Gasteiger partial charge in [-0.3, -0.25) is 4.79 Å². The number of halogens is 1. The van der Waals surface area contributed by atoms with E-state index in [4.69, 9.17) is 0 Å². The Kier molecular flexibility index (Phi) is 3.33. The van der Waals surface area contributed by atoms with Gasteiger partial charge in [-0.15, -0.1) is 0 Å². The fourth-order valence-electron chi connectivity index (χ4n) is 1.76. The number of ether oxygens (including phenoxy) is 1. The van der Waals surface area contributed by atoms with Crippen molar-refractivity contribution in [2.75, 3.05) is 7.11 Å². The van der Waals surface area contributed by atoms with Gasteiger partial charge in [-0.25, -0.2) is 0 Å². The molecule has 0 spiro atoms. The highest BCUT2D eigenvalue weighted by atomic mass is 79.9. The van der Waals surface area contributed by atoms with Gasteiger partial charge in [0.1, 0.15) is 5.75 Å². The summed E-state index contributed by atoms with van der Waals surface area (Å²) in [5.74, 6) is -0.249. The molecule has 0 heterocycles. The van der Waals surface area contributed by atoms with Crippen LogP contribution in [0.15, 0.2) is 34.8 Å². The lowest BCUT2D eigenvalue weighted by Gasteiger charge is -2.08. The van der Waals surface area contributed by atoms with Crippen LogP contribution in [0.3, 0.4) is 0 Å². The molecule has 4 heteroatoms. The number of phenolic OH excluding ortho intramolecular Hbond substituents is 1. The van der Waals surface area contributed by atoms with Gasteiger partial charge in [0.25, 0.3) is 0 Å². The van der Waals surface area contributed by atoms with Gasteiger partial charge in [-0.2, -0.15) is 0 Å². The lowest BCUT2D eigenvalue weighted by molar-refractivity contribution is -0.139. The monoisotopic (exact) mass is 294 g/mol. The number of benzene rings is 2.